The number of likely N-dealkylation sites (tertiary alicyclic amines) is 1. The zero-order valence-electron chi connectivity index (χ0n) is 9.19. The number of sulfone groups is 1. The third-order valence-electron chi connectivity index (χ3n) is 2.86. The maximum absolute atomic E-state index is 12.2. The van der Waals surface area contributed by atoms with Crippen LogP contribution in [0.2, 0.25) is 0 Å². The lowest BCUT2D eigenvalue weighted by Crippen LogP contribution is -2.50. The van der Waals surface area contributed by atoms with Gasteiger partial charge in [-0.05, 0) is 6.42 Å². The van der Waals surface area contributed by atoms with E-state index in [1.54, 1.807) is 0 Å². The van der Waals surface area contributed by atoms with Gasteiger partial charge < -0.3 is 10.0 Å². The van der Waals surface area contributed by atoms with Crippen LogP contribution in [0.5, 0.6) is 0 Å². The maximum Gasteiger partial charge on any atom is 0.471 e. The second kappa shape index (κ2) is 4.11. The highest BCUT2D eigenvalue weighted by Crippen LogP contribution is 2.32. The number of alkyl halides is 3. The second-order valence-corrected chi connectivity index (χ2v) is 6.37. The fraction of sp³-hybridized carbons (Fsp3) is 0.750. The van der Waals surface area contributed by atoms with Crippen LogP contribution in [0.15, 0.2) is 0 Å². The van der Waals surface area contributed by atoms with Crippen LogP contribution in [-0.4, -0.2) is 60.6 Å². The second-order valence-electron chi connectivity index (χ2n) is 4.05. The summed E-state index contributed by atoms with van der Waals surface area (Å²) in [5.74, 6) is -3.98. The molecule has 0 aliphatic carbocycles. The van der Waals surface area contributed by atoms with Gasteiger partial charge in [0.05, 0.1) is 6.54 Å². The Bertz CT molecular complexity index is 485. The number of amides is 1. The SMILES string of the molecule is CS(=O)(=O)C1(C(=O)O)CCN(C(=O)C(F)(F)F)C1. The van der Waals surface area contributed by atoms with Crippen LogP contribution in [0.4, 0.5) is 13.2 Å². The number of carbonyl (C=O) groups is 2. The highest BCUT2D eigenvalue weighted by atomic mass is 32.2. The lowest BCUT2D eigenvalue weighted by atomic mass is 10.1. The van der Waals surface area contributed by atoms with Crippen LogP contribution in [0.25, 0.3) is 0 Å². The summed E-state index contributed by atoms with van der Waals surface area (Å²) in [6.45, 7) is -1.54. The third kappa shape index (κ3) is 2.28. The Morgan fingerprint density at radius 1 is 1.33 bits per heavy atom. The van der Waals surface area contributed by atoms with Gasteiger partial charge in [-0.15, -0.1) is 0 Å². The highest BCUT2D eigenvalue weighted by molar-refractivity contribution is 7.92. The number of halogens is 3. The van der Waals surface area contributed by atoms with Crippen molar-refractivity contribution < 1.29 is 36.3 Å². The number of rotatable bonds is 2. The first-order valence-electron chi connectivity index (χ1n) is 4.71. The molecule has 1 atom stereocenters. The summed E-state index contributed by atoms with van der Waals surface area (Å²) >= 11 is 0. The number of nitrogens with zero attached hydrogens (tertiary/aromatic N) is 1. The Hall–Kier alpha value is -1.32. The molecular weight excluding hydrogens is 279 g/mol. The Balaban J connectivity index is 3.07. The normalized spacial score (nSPS) is 25.2. The Kier molecular flexibility index (Phi) is 3.36. The van der Waals surface area contributed by atoms with Crippen molar-refractivity contribution in [2.24, 2.45) is 0 Å². The summed E-state index contributed by atoms with van der Waals surface area (Å²) in [7, 11) is -4.14. The van der Waals surface area contributed by atoms with Gasteiger partial charge >= 0.3 is 18.1 Å². The molecule has 10 heteroatoms. The van der Waals surface area contributed by atoms with Crippen molar-refractivity contribution in [3.05, 3.63) is 0 Å². The predicted molar refractivity (Wildman–Crippen MR) is 52.5 cm³/mol. The minimum Gasteiger partial charge on any atom is -0.480 e. The number of aliphatic carboxylic acids is 1. The van der Waals surface area contributed by atoms with Crippen LogP contribution >= 0.6 is 0 Å². The van der Waals surface area contributed by atoms with Gasteiger partial charge in [-0.1, -0.05) is 0 Å². The first kappa shape index (κ1) is 14.7. The van der Waals surface area contributed by atoms with Crippen molar-refractivity contribution in [2.75, 3.05) is 19.3 Å². The molecule has 0 saturated carbocycles. The van der Waals surface area contributed by atoms with Crippen molar-refractivity contribution in [3.63, 3.8) is 0 Å². The Labute approximate surface area is 100 Å². The number of carbonyl (C=O) groups excluding carboxylic acids is 1. The maximum atomic E-state index is 12.2. The van der Waals surface area contributed by atoms with Crippen molar-refractivity contribution in [1.29, 1.82) is 0 Å². The van der Waals surface area contributed by atoms with Crippen molar-refractivity contribution >= 4 is 21.7 Å². The molecule has 1 aliphatic rings. The number of hydrogen-bond donors (Lipinski definition) is 1. The summed E-state index contributed by atoms with van der Waals surface area (Å²) in [5, 5.41) is 8.90. The molecule has 1 amide bonds. The predicted octanol–water partition coefficient (Wildman–Crippen LogP) is -0.351. The van der Waals surface area contributed by atoms with Gasteiger partial charge in [0.25, 0.3) is 0 Å². The smallest absolute Gasteiger partial charge is 0.471 e. The Morgan fingerprint density at radius 3 is 2.11 bits per heavy atom. The van der Waals surface area contributed by atoms with Gasteiger partial charge in [-0.3, -0.25) is 9.59 Å². The average molecular weight is 289 g/mol. The molecule has 104 valence electrons. The van der Waals surface area contributed by atoms with Crippen molar-refractivity contribution in [1.82, 2.24) is 4.90 Å². The van der Waals surface area contributed by atoms with E-state index in [4.69, 9.17) is 5.11 Å². The fourth-order valence-electron chi connectivity index (χ4n) is 1.77. The van der Waals surface area contributed by atoms with Gasteiger partial charge in [0.2, 0.25) is 0 Å². The molecule has 0 bridgehead atoms. The molecule has 1 N–H and O–H groups in total. The van der Waals surface area contributed by atoms with Gasteiger partial charge in [-0.25, -0.2) is 8.42 Å². The molecule has 1 rings (SSSR count). The zero-order chi connectivity index (χ0) is 14.4. The van der Waals surface area contributed by atoms with E-state index < -0.39 is 52.1 Å². The highest BCUT2D eigenvalue weighted by Gasteiger charge is 2.57. The van der Waals surface area contributed by atoms with Crippen LogP contribution in [0.1, 0.15) is 6.42 Å². The van der Waals surface area contributed by atoms with E-state index in [9.17, 15) is 31.2 Å². The number of hydrogen-bond acceptors (Lipinski definition) is 4. The molecule has 1 fully saturated rings. The van der Waals surface area contributed by atoms with Gasteiger partial charge in [0, 0.05) is 12.8 Å². The quantitative estimate of drug-likeness (QED) is 0.750. The summed E-state index contributed by atoms with van der Waals surface area (Å²) in [6, 6.07) is 0. The monoisotopic (exact) mass is 289 g/mol. The molecule has 1 unspecified atom stereocenters. The van der Waals surface area contributed by atoms with Gasteiger partial charge in [0.15, 0.2) is 14.6 Å². The van der Waals surface area contributed by atoms with Crippen LogP contribution in [0, 0.1) is 0 Å². The molecule has 0 spiro atoms. The van der Waals surface area contributed by atoms with E-state index >= 15 is 0 Å². The summed E-state index contributed by atoms with van der Waals surface area (Å²) in [5.41, 5.74) is 0. The molecule has 0 aromatic rings. The van der Waals surface area contributed by atoms with E-state index in [-0.39, 0.29) is 4.90 Å². The topological polar surface area (TPSA) is 91.8 Å². The first-order valence-corrected chi connectivity index (χ1v) is 6.60. The molecule has 1 heterocycles. The van der Waals surface area contributed by atoms with Crippen LogP contribution < -0.4 is 0 Å². The zero-order valence-corrected chi connectivity index (χ0v) is 10.0. The fourth-order valence-corrected chi connectivity index (χ4v) is 2.94. The summed E-state index contributed by atoms with van der Waals surface area (Å²) in [6.07, 6.45) is -5.07. The lowest BCUT2D eigenvalue weighted by molar-refractivity contribution is -0.184. The lowest BCUT2D eigenvalue weighted by Gasteiger charge is -2.23. The molecule has 0 radical (unpaired) electrons. The van der Waals surface area contributed by atoms with Crippen molar-refractivity contribution in [2.45, 2.75) is 17.3 Å². The third-order valence-corrected chi connectivity index (χ3v) is 4.79. The largest absolute Gasteiger partial charge is 0.480 e. The molecule has 18 heavy (non-hydrogen) atoms. The van der Waals surface area contributed by atoms with Gasteiger partial charge in [0.1, 0.15) is 0 Å². The summed E-state index contributed by atoms with van der Waals surface area (Å²) in [4.78, 5) is 22.1. The van der Waals surface area contributed by atoms with E-state index in [0.717, 1.165) is 0 Å². The number of carboxylic acids is 1. The van der Waals surface area contributed by atoms with E-state index in [1.165, 1.54) is 0 Å². The van der Waals surface area contributed by atoms with Crippen molar-refractivity contribution in [3.8, 4) is 0 Å². The minimum atomic E-state index is -5.15. The van der Waals surface area contributed by atoms with E-state index in [2.05, 4.69) is 0 Å². The van der Waals surface area contributed by atoms with Crippen LogP contribution in [-0.2, 0) is 19.4 Å². The van der Waals surface area contributed by atoms with Gasteiger partial charge in [-0.2, -0.15) is 13.2 Å². The number of carboxylic acid groups (broad SMARTS) is 1. The van der Waals surface area contributed by atoms with E-state index in [0.29, 0.717) is 6.26 Å². The molecule has 6 nitrogen and oxygen atoms in total. The Morgan fingerprint density at radius 2 is 1.83 bits per heavy atom. The van der Waals surface area contributed by atoms with Crippen LogP contribution in [0.3, 0.4) is 0 Å². The summed E-state index contributed by atoms with van der Waals surface area (Å²) < 4.78 is 57.0. The standard InChI is InChI=1S/C8H10F3NO5S/c1-18(16,17)7(6(14)15)2-3-12(4-7)5(13)8(9,10)11/h2-4H2,1H3,(H,14,15). The minimum absolute atomic E-state index is 0.204. The first-order chi connectivity index (χ1) is 7.92. The van der Waals surface area contributed by atoms with E-state index in [1.807, 2.05) is 0 Å². The average Bonchev–Trinajstić information content (AvgIpc) is 2.59. The molecule has 0 aromatic carbocycles. The molecule has 1 aliphatic heterocycles. The molecular formula is C8H10F3NO5S. The molecule has 1 saturated heterocycles. The molecule has 0 aromatic heterocycles.